The summed E-state index contributed by atoms with van der Waals surface area (Å²) in [7, 11) is 0. The molecule has 22 unspecified atom stereocenters. The van der Waals surface area contributed by atoms with Crippen LogP contribution in [-0.2, 0) is 23.9 Å². The van der Waals surface area contributed by atoms with Crippen molar-refractivity contribution in [3.8, 4) is 0 Å². The van der Waals surface area contributed by atoms with Crippen LogP contribution in [0.1, 0.15) is 85.0 Å². The zero-order valence-electron chi connectivity index (χ0n) is 31.8. The van der Waals surface area contributed by atoms with E-state index in [1.54, 1.807) is 18.7 Å². The fraction of sp³-hybridized carbons (Fsp3) is 0.930. The smallest absolute Gasteiger partial charge is 0.309 e. The van der Waals surface area contributed by atoms with E-state index < -0.39 is 0 Å². The number of rotatable bonds is 13. The monoisotopic (exact) mass is 786 g/mol. The molecule has 0 aromatic heterocycles. The highest BCUT2D eigenvalue weighted by atomic mass is 32.2. The van der Waals surface area contributed by atoms with Crippen LogP contribution < -0.4 is 0 Å². The summed E-state index contributed by atoms with van der Waals surface area (Å²) in [5.74, 6) is 16.3. The average Bonchev–Trinajstić information content (AvgIpc) is 3.97. The molecule has 0 saturated heterocycles. The molecule has 9 heteroatoms. The first kappa shape index (κ1) is 36.4. The van der Waals surface area contributed by atoms with Gasteiger partial charge in [0, 0.05) is 39.4 Å². The zero-order valence-corrected chi connectivity index (χ0v) is 35.0. The van der Waals surface area contributed by atoms with Crippen molar-refractivity contribution < 1.29 is 23.9 Å². The number of fused-ring (bicyclic) bond motifs is 24. The molecule has 22 atom stereocenters. The van der Waals surface area contributed by atoms with Crippen LogP contribution in [0.15, 0.2) is 0 Å². The van der Waals surface area contributed by atoms with Crippen LogP contribution in [0.2, 0.25) is 0 Å². The third-order valence-corrected chi connectivity index (χ3v) is 23.2. The number of esters is 2. The Bertz CT molecular complexity index is 1430. The molecule has 0 aliphatic heterocycles. The van der Waals surface area contributed by atoms with Crippen molar-refractivity contribution in [1.29, 1.82) is 0 Å². The molecule has 288 valence electrons. The Hall–Kier alpha value is 0.01000. The van der Waals surface area contributed by atoms with Crippen LogP contribution in [0.4, 0.5) is 0 Å². The van der Waals surface area contributed by atoms with Crippen LogP contribution >= 0.6 is 47.0 Å². The van der Waals surface area contributed by atoms with Gasteiger partial charge in [0.15, 0.2) is 5.12 Å². The molecule has 10 fully saturated rings. The van der Waals surface area contributed by atoms with Crippen molar-refractivity contribution in [3.63, 3.8) is 0 Å². The molecule has 0 aromatic rings. The van der Waals surface area contributed by atoms with Crippen molar-refractivity contribution in [2.24, 2.45) is 107 Å². The highest BCUT2D eigenvalue weighted by Crippen LogP contribution is 2.75. The largest absolute Gasteiger partial charge is 0.462 e. The topological polar surface area (TPSA) is 69.7 Å². The molecule has 8 bridgehead atoms. The quantitative estimate of drug-likeness (QED) is 0.104. The summed E-state index contributed by atoms with van der Waals surface area (Å²) in [6, 6.07) is 0. The summed E-state index contributed by atoms with van der Waals surface area (Å²) in [5, 5.41) is 3.20. The predicted molar refractivity (Wildman–Crippen MR) is 214 cm³/mol. The molecule has 0 radical (unpaired) electrons. The molecule has 10 saturated carbocycles. The second-order valence-electron chi connectivity index (χ2n) is 19.8. The molecule has 52 heavy (non-hydrogen) atoms. The first-order chi connectivity index (χ1) is 25.2. The van der Waals surface area contributed by atoms with E-state index in [0.29, 0.717) is 20.9 Å². The summed E-state index contributed by atoms with van der Waals surface area (Å²) < 4.78 is 11.2. The van der Waals surface area contributed by atoms with Gasteiger partial charge in [0.1, 0.15) is 13.2 Å². The van der Waals surface area contributed by atoms with E-state index in [9.17, 15) is 14.4 Å². The third-order valence-electron chi connectivity index (χ3n) is 17.8. The number of thioether (sulfide) groups is 4. The van der Waals surface area contributed by atoms with Gasteiger partial charge in [-0.3, -0.25) is 14.4 Å². The number of hydrogen-bond acceptors (Lipinski definition) is 9. The van der Waals surface area contributed by atoms with E-state index in [-0.39, 0.29) is 37.0 Å². The summed E-state index contributed by atoms with van der Waals surface area (Å²) >= 11 is 7.85. The molecule has 0 aromatic carbocycles. The minimum atomic E-state index is -0.155. The average molecular weight is 787 g/mol. The molecule has 10 aliphatic carbocycles. The lowest BCUT2D eigenvalue weighted by Gasteiger charge is -2.43. The fourth-order valence-corrected chi connectivity index (χ4v) is 21.8. The van der Waals surface area contributed by atoms with Gasteiger partial charge in [0.05, 0.1) is 11.8 Å². The van der Waals surface area contributed by atoms with E-state index in [4.69, 9.17) is 9.47 Å². The van der Waals surface area contributed by atoms with Crippen molar-refractivity contribution in [3.05, 3.63) is 0 Å². The first-order valence-electron chi connectivity index (χ1n) is 21.4. The Morgan fingerprint density at radius 3 is 1.52 bits per heavy atom. The van der Waals surface area contributed by atoms with E-state index >= 15 is 0 Å². The van der Waals surface area contributed by atoms with Crippen LogP contribution in [0.3, 0.4) is 0 Å². The van der Waals surface area contributed by atoms with Crippen molar-refractivity contribution in [2.75, 3.05) is 31.0 Å². The van der Waals surface area contributed by atoms with Gasteiger partial charge in [0.2, 0.25) is 0 Å². The molecular weight excluding hydrogens is 725 g/mol. The number of carbonyl (C=O) groups is 3. The van der Waals surface area contributed by atoms with Gasteiger partial charge in [-0.1, -0.05) is 25.6 Å². The summed E-state index contributed by atoms with van der Waals surface area (Å²) in [4.78, 5) is 37.6. The maximum atomic E-state index is 12.9. The lowest BCUT2D eigenvalue weighted by molar-refractivity contribution is -0.155. The molecule has 0 heterocycles. The van der Waals surface area contributed by atoms with Crippen LogP contribution in [0, 0.1) is 107 Å². The minimum Gasteiger partial charge on any atom is -0.462 e. The van der Waals surface area contributed by atoms with Crippen molar-refractivity contribution in [1.82, 2.24) is 0 Å². The lowest BCUT2D eigenvalue weighted by Crippen LogP contribution is -2.39. The Labute approximate surface area is 329 Å². The van der Waals surface area contributed by atoms with Gasteiger partial charge >= 0.3 is 11.9 Å². The highest BCUT2D eigenvalue weighted by molar-refractivity contribution is 8.14. The Balaban J connectivity index is 0.619. The van der Waals surface area contributed by atoms with Gasteiger partial charge in [-0.05, 0) is 165 Å². The summed E-state index contributed by atoms with van der Waals surface area (Å²) in [6.07, 6.45) is 16.4. The molecule has 10 aliphatic rings. The Morgan fingerprint density at radius 2 is 1.00 bits per heavy atom. The van der Waals surface area contributed by atoms with Crippen LogP contribution in [0.25, 0.3) is 0 Å². The fourth-order valence-electron chi connectivity index (χ4n) is 16.6. The SMILES string of the molecule is CSC1CC2CC1C1C3CC(C4CC(SCC(C)C(=O)OCCOC(=O)C(C)CSC5CC6CC5C5C7CC(C8CC(SC(C)=O)CC87)C65)CC43)C21. The summed E-state index contributed by atoms with van der Waals surface area (Å²) in [5.41, 5.74) is 0. The Kier molecular flexibility index (Phi) is 9.88. The molecule has 10 rings (SSSR count). The first-order valence-corrected chi connectivity index (χ1v) is 25.7. The standard InChI is InChI=1S/C43H62O5S4/c1-19(17-50-24-11-26-27(12-24)32-15-30(26)38-22-7-34(40(32)38)36(9-22)49-4)42(45)47-5-6-48-43(46)20(2)18-51-37-10-23-8-35(37)41-33-16-31(39(23)41)28-13-25(14-29(28)33)52-21(3)44/h19-20,22-41H,5-18H2,1-4H3. The molecule has 5 nitrogen and oxygen atoms in total. The van der Waals surface area contributed by atoms with E-state index in [1.807, 2.05) is 37.4 Å². The lowest BCUT2D eigenvalue weighted by atomic mass is 9.64. The normalized spacial score (nSPS) is 51.8. The molecule has 0 amide bonds. The molecule has 0 N–H and O–H groups in total. The maximum Gasteiger partial charge on any atom is 0.309 e. The van der Waals surface area contributed by atoms with E-state index in [1.165, 1.54) is 64.2 Å². The highest BCUT2D eigenvalue weighted by Gasteiger charge is 2.70. The Morgan fingerprint density at radius 1 is 0.538 bits per heavy atom. The number of hydrogen-bond donors (Lipinski definition) is 0. The van der Waals surface area contributed by atoms with Crippen LogP contribution in [0.5, 0.6) is 0 Å². The number of ether oxygens (including phenoxy) is 2. The van der Waals surface area contributed by atoms with E-state index in [2.05, 4.69) is 18.0 Å². The zero-order chi connectivity index (χ0) is 35.6. The second-order valence-corrected chi connectivity index (χ2v) is 25.0. The van der Waals surface area contributed by atoms with Gasteiger partial charge in [-0.25, -0.2) is 0 Å². The van der Waals surface area contributed by atoms with Gasteiger partial charge in [-0.2, -0.15) is 35.3 Å². The molecular formula is C43H62O5S4. The number of carbonyl (C=O) groups excluding carboxylic acids is 3. The van der Waals surface area contributed by atoms with E-state index in [0.717, 1.165) is 111 Å². The van der Waals surface area contributed by atoms with Crippen molar-refractivity contribution >= 4 is 64.1 Å². The summed E-state index contributed by atoms with van der Waals surface area (Å²) in [6.45, 7) is 6.07. The van der Waals surface area contributed by atoms with Crippen LogP contribution in [-0.4, -0.2) is 69.0 Å². The molecule has 0 spiro atoms. The third kappa shape index (κ3) is 5.87. The van der Waals surface area contributed by atoms with Crippen molar-refractivity contribution in [2.45, 2.75) is 106 Å². The van der Waals surface area contributed by atoms with Gasteiger partial charge < -0.3 is 9.47 Å². The second kappa shape index (κ2) is 14.1. The van der Waals surface area contributed by atoms with Gasteiger partial charge in [-0.15, -0.1) is 0 Å². The predicted octanol–water partition coefficient (Wildman–Crippen LogP) is 8.82. The van der Waals surface area contributed by atoms with Gasteiger partial charge in [0.25, 0.3) is 0 Å². The maximum absolute atomic E-state index is 12.9. The minimum absolute atomic E-state index is 0.123.